The number of amides is 1. The second-order valence-corrected chi connectivity index (χ2v) is 11.2. The number of pyridine rings is 1. The molecular weight excluding hydrogens is 554 g/mol. The molecule has 216 valence electrons. The third-order valence-electron chi connectivity index (χ3n) is 8.28. The van der Waals surface area contributed by atoms with Crippen molar-refractivity contribution in [1.82, 2.24) is 19.4 Å². The molecule has 2 N–H and O–H groups in total. The van der Waals surface area contributed by atoms with E-state index in [1.807, 2.05) is 6.92 Å². The average molecular weight is 585 g/mol. The largest absolute Gasteiger partial charge is 0.465 e. The number of benzene rings is 1. The predicted molar refractivity (Wildman–Crippen MR) is 150 cm³/mol. The molecule has 2 aromatic heterocycles. The van der Waals surface area contributed by atoms with E-state index in [4.69, 9.17) is 16.7 Å². The highest BCUT2D eigenvalue weighted by Crippen LogP contribution is 2.47. The molecule has 41 heavy (non-hydrogen) atoms. The van der Waals surface area contributed by atoms with Crippen LogP contribution in [-0.4, -0.2) is 49.6 Å². The maximum atomic E-state index is 15.6. The van der Waals surface area contributed by atoms with E-state index in [0.29, 0.717) is 59.7 Å². The van der Waals surface area contributed by atoms with Crippen LogP contribution < -0.4 is 10.9 Å². The quantitative estimate of drug-likeness (QED) is 0.312. The molecule has 2 fully saturated rings. The molecule has 1 aliphatic heterocycles. The van der Waals surface area contributed by atoms with Gasteiger partial charge in [0.2, 0.25) is 0 Å². The number of carbonyl (C=O) groups is 1. The van der Waals surface area contributed by atoms with Gasteiger partial charge in [-0.2, -0.15) is 5.26 Å². The lowest BCUT2D eigenvalue weighted by Gasteiger charge is -2.35. The molecule has 1 atom stereocenters. The van der Waals surface area contributed by atoms with Gasteiger partial charge in [0.05, 0.1) is 16.9 Å². The van der Waals surface area contributed by atoms with Gasteiger partial charge in [-0.05, 0) is 56.7 Å². The van der Waals surface area contributed by atoms with Crippen molar-refractivity contribution in [2.45, 2.75) is 63.0 Å². The number of likely N-dealkylation sites (tertiary alicyclic amines) is 1. The van der Waals surface area contributed by atoms with Crippen LogP contribution in [0.4, 0.5) is 19.4 Å². The molecule has 1 aromatic carbocycles. The molecule has 1 unspecified atom stereocenters. The van der Waals surface area contributed by atoms with Crippen LogP contribution >= 0.6 is 11.6 Å². The van der Waals surface area contributed by atoms with E-state index in [-0.39, 0.29) is 37.1 Å². The minimum atomic E-state index is -3.12. The summed E-state index contributed by atoms with van der Waals surface area (Å²) in [5, 5.41) is 22.8. The summed E-state index contributed by atoms with van der Waals surface area (Å²) in [5.74, 6) is -3.30. The minimum Gasteiger partial charge on any atom is -0.465 e. The van der Waals surface area contributed by atoms with E-state index < -0.39 is 29.4 Å². The van der Waals surface area contributed by atoms with Gasteiger partial charge >= 0.3 is 6.09 Å². The summed E-state index contributed by atoms with van der Waals surface area (Å²) in [5.41, 5.74) is 0.227. The van der Waals surface area contributed by atoms with Crippen molar-refractivity contribution in [2.24, 2.45) is 5.92 Å². The Kier molecular flexibility index (Phi) is 7.88. The number of halogens is 3. The lowest BCUT2D eigenvalue weighted by atomic mass is 9.85. The van der Waals surface area contributed by atoms with E-state index in [2.05, 4.69) is 21.4 Å². The molecule has 2 aliphatic rings. The highest BCUT2D eigenvalue weighted by molar-refractivity contribution is 6.17. The molecular formula is C29H31ClF2N6O3. The standard InChI is InChI=1S/C29H31ClF2N6O3/c1-18(19-4-2-5-21(14-19)29(31,32)20-6-12-37(13-7-20)27(40)41)36-24-22-15-23(28(16-33)8-9-28)26(39)38(11-3-10-30)25(22)35-17-34-24/h2,4-5,14-15,17-18,20H,3,6-13H2,1H3,(H,40,41)(H,34,35,36). The zero-order valence-electron chi connectivity index (χ0n) is 22.6. The van der Waals surface area contributed by atoms with Gasteiger partial charge in [-0.3, -0.25) is 9.36 Å². The van der Waals surface area contributed by atoms with Crippen LogP contribution in [0.15, 0.2) is 41.5 Å². The lowest BCUT2D eigenvalue weighted by Crippen LogP contribution is -2.41. The summed E-state index contributed by atoms with van der Waals surface area (Å²) in [6.45, 7) is 2.33. The van der Waals surface area contributed by atoms with Crippen molar-refractivity contribution in [2.75, 3.05) is 24.3 Å². The Morgan fingerprint density at radius 1 is 1.29 bits per heavy atom. The number of alkyl halides is 3. The van der Waals surface area contributed by atoms with E-state index in [9.17, 15) is 14.9 Å². The Morgan fingerprint density at radius 3 is 2.66 bits per heavy atom. The molecule has 0 bridgehead atoms. The zero-order valence-corrected chi connectivity index (χ0v) is 23.4. The first-order valence-electron chi connectivity index (χ1n) is 13.7. The third kappa shape index (κ3) is 5.45. The number of fused-ring (bicyclic) bond motifs is 1. The van der Waals surface area contributed by atoms with Crippen molar-refractivity contribution in [3.8, 4) is 6.07 Å². The summed E-state index contributed by atoms with van der Waals surface area (Å²) in [6, 6.07) is 9.77. The fourth-order valence-corrected chi connectivity index (χ4v) is 5.72. The highest BCUT2D eigenvalue weighted by atomic mass is 35.5. The number of carboxylic acid groups (broad SMARTS) is 1. The molecule has 5 rings (SSSR count). The average Bonchev–Trinajstić information content (AvgIpc) is 3.78. The van der Waals surface area contributed by atoms with Crippen LogP contribution in [0.1, 0.15) is 61.8 Å². The maximum Gasteiger partial charge on any atom is 0.407 e. The highest BCUT2D eigenvalue weighted by Gasteiger charge is 2.47. The van der Waals surface area contributed by atoms with Crippen LogP contribution in [0, 0.1) is 17.2 Å². The number of rotatable bonds is 9. The van der Waals surface area contributed by atoms with Crippen LogP contribution in [0.2, 0.25) is 0 Å². The molecule has 9 nitrogen and oxygen atoms in total. The van der Waals surface area contributed by atoms with E-state index in [1.54, 1.807) is 22.8 Å². The molecule has 12 heteroatoms. The number of nitrogens with zero attached hydrogens (tertiary/aromatic N) is 5. The van der Waals surface area contributed by atoms with Gasteiger partial charge < -0.3 is 15.3 Å². The van der Waals surface area contributed by atoms with Gasteiger partial charge in [-0.1, -0.05) is 18.2 Å². The number of aromatic nitrogens is 3. The molecule has 3 aromatic rings. The second kappa shape index (κ2) is 11.2. The zero-order chi connectivity index (χ0) is 29.4. The van der Waals surface area contributed by atoms with Gasteiger partial charge in [-0.15, -0.1) is 11.6 Å². The summed E-state index contributed by atoms with van der Waals surface area (Å²) >= 11 is 5.91. The molecule has 3 heterocycles. The predicted octanol–water partition coefficient (Wildman–Crippen LogP) is 5.63. The van der Waals surface area contributed by atoms with Gasteiger partial charge in [0, 0.05) is 48.6 Å². The van der Waals surface area contributed by atoms with Crippen LogP contribution in [0.5, 0.6) is 0 Å². The van der Waals surface area contributed by atoms with Gasteiger partial charge in [0.15, 0.2) is 0 Å². The van der Waals surface area contributed by atoms with Crippen molar-refractivity contribution in [1.29, 1.82) is 5.26 Å². The maximum absolute atomic E-state index is 15.6. The molecule has 1 aliphatic carbocycles. The first-order valence-corrected chi connectivity index (χ1v) is 14.2. The summed E-state index contributed by atoms with van der Waals surface area (Å²) in [7, 11) is 0. The topological polar surface area (TPSA) is 124 Å². The first-order chi connectivity index (χ1) is 19.6. The number of aryl methyl sites for hydroxylation is 1. The van der Waals surface area contributed by atoms with Crippen molar-refractivity contribution in [3.05, 3.63) is 63.7 Å². The Labute approximate surface area is 240 Å². The van der Waals surface area contributed by atoms with E-state index >= 15 is 8.78 Å². The van der Waals surface area contributed by atoms with E-state index in [0.717, 1.165) is 0 Å². The molecule has 1 saturated heterocycles. The van der Waals surface area contributed by atoms with Gasteiger partial charge in [-0.25, -0.2) is 23.5 Å². The van der Waals surface area contributed by atoms with Crippen LogP contribution in [0.25, 0.3) is 11.0 Å². The number of hydrogen-bond acceptors (Lipinski definition) is 6. The van der Waals surface area contributed by atoms with Crippen LogP contribution in [-0.2, 0) is 17.9 Å². The minimum absolute atomic E-state index is 0.0824. The van der Waals surface area contributed by atoms with Crippen molar-refractivity contribution in [3.63, 3.8) is 0 Å². The number of piperidine rings is 1. The summed E-state index contributed by atoms with van der Waals surface area (Å²) < 4.78 is 32.6. The van der Waals surface area contributed by atoms with Crippen molar-refractivity contribution >= 4 is 34.5 Å². The molecule has 1 amide bonds. The van der Waals surface area contributed by atoms with Gasteiger partial charge in [0.1, 0.15) is 17.8 Å². The third-order valence-corrected chi connectivity index (χ3v) is 8.55. The fraction of sp³-hybridized carbons (Fsp3) is 0.483. The normalized spacial score (nSPS) is 17.7. The van der Waals surface area contributed by atoms with Crippen LogP contribution in [0.3, 0.4) is 0 Å². The number of anilines is 1. The Hall–Kier alpha value is -3.78. The number of nitrogens with one attached hydrogen (secondary N) is 1. The fourth-order valence-electron chi connectivity index (χ4n) is 5.60. The first kappa shape index (κ1) is 28.7. The molecule has 0 radical (unpaired) electrons. The second-order valence-electron chi connectivity index (χ2n) is 10.9. The monoisotopic (exact) mass is 584 g/mol. The molecule has 1 saturated carbocycles. The number of hydrogen-bond donors (Lipinski definition) is 2. The number of nitriles is 1. The Morgan fingerprint density at radius 2 is 2.02 bits per heavy atom. The summed E-state index contributed by atoms with van der Waals surface area (Å²) in [4.78, 5) is 34.5. The lowest BCUT2D eigenvalue weighted by molar-refractivity contribution is -0.0836. The SMILES string of the molecule is CC(Nc1ncnc2c1cc(C1(C#N)CC1)c(=O)n2CCCCl)c1cccc(C(F)(F)C2CCN(C(=O)O)CC2)c1. The van der Waals surface area contributed by atoms with E-state index in [1.165, 1.54) is 23.4 Å². The smallest absolute Gasteiger partial charge is 0.407 e. The Balaban J connectivity index is 1.45. The Bertz CT molecular complexity index is 1560. The summed E-state index contributed by atoms with van der Waals surface area (Å²) in [6.07, 6.45) is 2.17. The molecule has 0 spiro atoms. The van der Waals surface area contributed by atoms with Crippen molar-refractivity contribution < 1.29 is 18.7 Å². The van der Waals surface area contributed by atoms with Gasteiger partial charge in [0.25, 0.3) is 11.5 Å².